The van der Waals surface area contributed by atoms with Crippen LogP contribution in [0.5, 0.6) is 5.75 Å². The second kappa shape index (κ2) is 11.0. The van der Waals surface area contributed by atoms with Gasteiger partial charge in [0.05, 0.1) is 19.7 Å². The van der Waals surface area contributed by atoms with Gasteiger partial charge in [-0.25, -0.2) is 0 Å². The number of halogens is 1. The van der Waals surface area contributed by atoms with Gasteiger partial charge in [-0.2, -0.15) is 0 Å². The SMILES string of the molecule is CN=C(NCc1nnc2ccccn12)NCC(c1cccc(OC)c1)N(C)C.I. The Morgan fingerprint density at radius 1 is 1.17 bits per heavy atom. The Morgan fingerprint density at radius 3 is 2.72 bits per heavy atom. The lowest BCUT2D eigenvalue weighted by Gasteiger charge is -2.26. The molecule has 156 valence electrons. The fourth-order valence-electron chi connectivity index (χ4n) is 3.04. The van der Waals surface area contributed by atoms with Gasteiger partial charge in [-0.15, -0.1) is 34.2 Å². The van der Waals surface area contributed by atoms with Crippen LogP contribution in [-0.4, -0.2) is 60.3 Å². The van der Waals surface area contributed by atoms with Crippen molar-refractivity contribution in [2.24, 2.45) is 4.99 Å². The van der Waals surface area contributed by atoms with E-state index in [4.69, 9.17) is 4.74 Å². The normalized spacial score (nSPS) is 12.5. The molecule has 3 rings (SSSR count). The Balaban J connectivity index is 0.00000300. The molecule has 0 radical (unpaired) electrons. The van der Waals surface area contributed by atoms with Crippen LogP contribution >= 0.6 is 24.0 Å². The number of guanidine groups is 1. The molecule has 2 aromatic heterocycles. The molecule has 0 spiro atoms. The van der Waals surface area contributed by atoms with Gasteiger partial charge in [0.1, 0.15) is 5.75 Å². The summed E-state index contributed by atoms with van der Waals surface area (Å²) in [7, 11) is 7.56. The average Bonchev–Trinajstić information content (AvgIpc) is 3.13. The number of pyridine rings is 1. The highest BCUT2D eigenvalue weighted by Crippen LogP contribution is 2.22. The predicted molar refractivity (Wildman–Crippen MR) is 126 cm³/mol. The van der Waals surface area contributed by atoms with Crippen LogP contribution in [0.3, 0.4) is 0 Å². The minimum Gasteiger partial charge on any atom is -0.497 e. The molecule has 1 aromatic carbocycles. The molecule has 0 aliphatic rings. The van der Waals surface area contributed by atoms with E-state index in [2.05, 4.69) is 57.0 Å². The number of hydrogen-bond donors (Lipinski definition) is 2. The minimum atomic E-state index is 0. The molecule has 3 aromatic rings. The maximum absolute atomic E-state index is 5.36. The fourth-order valence-corrected chi connectivity index (χ4v) is 3.04. The van der Waals surface area contributed by atoms with Gasteiger partial charge in [-0.1, -0.05) is 18.2 Å². The number of benzene rings is 1. The summed E-state index contributed by atoms with van der Waals surface area (Å²) in [6.07, 6.45) is 1.95. The zero-order valence-electron chi connectivity index (χ0n) is 17.2. The number of aliphatic imine (C=N–C) groups is 1. The van der Waals surface area contributed by atoms with E-state index >= 15 is 0 Å². The van der Waals surface area contributed by atoms with Crippen LogP contribution in [0.1, 0.15) is 17.4 Å². The second-order valence-electron chi connectivity index (χ2n) is 6.61. The van der Waals surface area contributed by atoms with Crippen molar-refractivity contribution < 1.29 is 4.74 Å². The Kier molecular flexibility index (Phi) is 8.65. The molecule has 0 saturated carbocycles. The fraction of sp³-hybridized carbons (Fsp3) is 0.350. The summed E-state index contributed by atoms with van der Waals surface area (Å²) in [5.74, 6) is 2.39. The summed E-state index contributed by atoms with van der Waals surface area (Å²) in [5.41, 5.74) is 2.00. The second-order valence-corrected chi connectivity index (χ2v) is 6.61. The first-order chi connectivity index (χ1) is 13.6. The van der Waals surface area contributed by atoms with E-state index in [-0.39, 0.29) is 30.0 Å². The number of aromatic nitrogens is 3. The number of methoxy groups -OCH3 is 1. The van der Waals surface area contributed by atoms with Crippen molar-refractivity contribution in [1.82, 2.24) is 30.1 Å². The van der Waals surface area contributed by atoms with Gasteiger partial charge in [-0.05, 0) is 43.9 Å². The molecular weight excluding hydrogens is 481 g/mol. The molecule has 29 heavy (non-hydrogen) atoms. The lowest BCUT2D eigenvalue weighted by Crippen LogP contribution is -2.41. The first-order valence-electron chi connectivity index (χ1n) is 9.16. The van der Waals surface area contributed by atoms with E-state index < -0.39 is 0 Å². The number of likely N-dealkylation sites (N-methyl/N-ethyl adjacent to an activating group) is 1. The van der Waals surface area contributed by atoms with Gasteiger partial charge in [0.2, 0.25) is 0 Å². The number of hydrogen-bond acceptors (Lipinski definition) is 5. The Morgan fingerprint density at radius 2 is 2.00 bits per heavy atom. The molecule has 0 bridgehead atoms. The lowest BCUT2D eigenvalue weighted by molar-refractivity contribution is 0.297. The van der Waals surface area contributed by atoms with E-state index in [0.29, 0.717) is 19.0 Å². The van der Waals surface area contributed by atoms with Gasteiger partial charge in [0, 0.05) is 19.8 Å². The third kappa shape index (κ3) is 5.80. The maximum Gasteiger partial charge on any atom is 0.191 e. The third-order valence-electron chi connectivity index (χ3n) is 4.59. The Bertz CT molecular complexity index is 941. The molecule has 0 aliphatic carbocycles. The molecule has 1 unspecified atom stereocenters. The summed E-state index contributed by atoms with van der Waals surface area (Å²) in [6.45, 7) is 1.22. The van der Waals surface area contributed by atoms with Crippen LogP contribution < -0.4 is 15.4 Å². The molecule has 0 fully saturated rings. The molecular formula is C20H28IN7O. The standard InChI is InChI=1S/C20H27N7O.HI/c1-21-20(23-14-19-25-24-18-10-5-6-11-27(18)19)22-13-17(26(2)3)15-8-7-9-16(12-15)28-4;/h5-12,17H,13-14H2,1-4H3,(H2,21,22,23);1H. The number of ether oxygens (including phenoxy) is 1. The molecule has 9 heteroatoms. The molecule has 8 nitrogen and oxygen atoms in total. The first kappa shape index (κ1) is 22.9. The van der Waals surface area contributed by atoms with Crippen LogP contribution in [0, 0.1) is 0 Å². The van der Waals surface area contributed by atoms with Crippen molar-refractivity contribution in [3.8, 4) is 5.75 Å². The molecule has 1 atom stereocenters. The summed E-state index contributed by atoms with van der Waals surface area (Å²) in [6, 6.07) is 14.1. The van der Waals surface area contributed by atoms with Crippen molar-refractivity contribution in [3.05, 3.63) is 60.0 Å². The van der Waals surface area contributed by atoms with E-state index in [1.54, 1.807) is 14.2 Å². The zero-order chi connectivity index (χ0) is 19.9. The highest BCUT2D eigenvalue weighted by molar-refractivity contribution is 14.0. The van der Waals surface area contributed by atoms with Crippen molar-refractivity contribution in [2.75, 3.05) is 34.8 Å². The van der Waals surface area contributed by atoms with Crippen LogP contribution in [0.15, 0.2) is 53.7 Å². The highest BCUT2D eigenvalue weighted by atomic mass is 127. The van der Waals surface area contributed by atoms with Crippen molar-refractivity contribution >= 4 is 35.6 Å². The first-order valence-corrected chi connectivity index (χ1v) is 9.16. The number of nitrogens with zero attached hydrogens (tertiary/aromatic N) is 5. The summed E-state index contributed by atoms with van der Waals surface area (Å²) >= 11 is 0. The van der Waals surface area contributed by atoms with Crippen molar-refractivity contribution in [2.45, 2.75) is 12.6 Å². The van der Waals surface area contributed by atoms with E-state index in [1.807, 2.05) is 40.9 Å². The van der Waals surface area contributed by atoms with E-state index in [9.17, 15) is 0 Å². The van der Waals surface area contributed by atoms with E-state index in [0.717, 1.165) is 17.2 Å². The largest absolute Gasteiger partial charge is 0.497 e. The van der Waals surface area contributed by atoms with Gasteiger partial charge in [0.25, 0.3) is 0 Å². The lowest BCUT2D eigenvalue weighted by atomic mass is 10.1. The summed E-state index contributed by atoms with van der Waals surface area (Å²) in [5, 5.41) is 15.1. The van der Waals surface area contributed by atoms with Crippen LogP contribution in [-0.2, 0) is 6.54 Å². The summed E-state index contributed by atoms with van der Waals surface area (Å²) in [4.78, 5) is 6.49. The van der Waals surface area contributed by atoms with Crippen LogP contribution in [0.25, 0.3) is 5.65 Å². The topological polar surface area (TPSA) is 79.1 Å². The van der Waals surface area contributed by atoms with E-state index in [1.165, 1.54) is 5.56 Å². The third-order valence-corrected chi connectivity index (χ3v) is 4.59. The Hall–Kier alpha value is -2.40. The zero-order valence-corrected chi connectivity index (χ0v) is 19.5. The number of nitrogens with one attached hydrogen (secondary N) is 2. The predicted octanol–water partition coefficient (Wildman–Crippen LogP) is 2.32. The van der Waals surface area contributed by atoms with Crippen LogP contribution in [0.4, 0.5) is 0 Å². The molecule has 0 amide bonds. The molecule has 2 N–H and O–H groups in total. The van der Waals surface area contributed by atoms with Gasteiger partial charge in [-0.3, -0.25) is 9.39 Å². The smallest absolute Gasteiger partial charge is 0.191 e. The minimum absolute atomic E-state index is 0. The number of fused-ring (bicyclic) bond motifs is 1. The highest BCUT2D eigenvalue weighted by Gasteiger charge is 2.15. The maximum atomic E-state index is 5.36. The van der Waals surface area contributed by atoms with Gasteiger partial charge >= 0.3 is 0 Å². The molecule has 0 aliphatic heterocycles. The average molecular weight is 509 g/mol. The summed E-state index contributed by atoms with van der Waals surface area (Å²) < 4.78 is 7.31. The van der Waals surface area contributed by atoms with Gasteiger partial charge < -0.3 is 20.3 Å². The monoisotopic (exact) mass is 509 g/mol. The molecule has 2 heterocycles. The van der Waals surface area contributed by atoms with Crippen molar-refractivity contribution in [3.63, 3.8) is 0 Å². The Labute approximate surface area is 188 Å². The number of rotatable bonds is 7. The quantitative estimate of drug-likeness (QED) is 0.289. The molecule has 0 saturated heterocycles. The van der Waals surface area contributed by atoms with Crippen LogP contribution in [0.2, 0.25) is 0 Å². The van der Waals surface area contributed by atoms with Crippen molar-refractivity contribution in [1.29, 1.82) is 0 Å². The van der Waals surface area contributed by atoms with Gasteiger partial charge in [0.15, 0.2) is 17.4 Å².